The zero-order valence-electron chi connectivity index (χ0n) is 17.6. The van der Waals surface area contributed by atoms with E-state index in [-0.39, 0.29) is 0 Å². The smallest absolute Gasteiger partial charge is 0.341 e. The van der Waals surface area contributed by atoms with Crippen molar-refractivity contribution in [3.63, 3.8) is 0 Å². The molecule has 0 aliphatic carbocycles. The van der Waals surface area contributed by atoms with Crippen LogP contribution in [0.1, 0.15) is 30.5 Å². The summed E-state index contributed by atoms with van der Waals surface area (Å²) in [5, 5.41) is 10.4. The van der Waals surface area contributed by atoms with Gasteiger partial charge < -0.3 is 24.1 Å². The lowest BCUT2D eigenvalue weighted by molar-refractivity contribution is -0.154. The van der Waals surface area contributed by atoms with Crippen LogP contribution in [-0.2, 0) is 27.1 Å². The van der Waals surface area contributed by atoms with E-state index in [4.69, 9.17) is 18.9 Å². The molecule has 2 aliphatic rings. The van der Waals surface area contributed by atoms with Gasteiger partial charge in [-0.3, -0.25) is 0 Å². The highest BCUT2D eigenvalue weighted by molar-refractivity contribution is 6.19. The molecule has 158 valence electrons. The highest BCUT2D eigenvalue weighted by Crippen LogP contribution is 2.37. The van der Waals surface area contributed by atoms with E-state index >= 15 is 0 Å². The molecule has 6 nitrogen and oxygen atoms in total. The van der Waals surface area contributed by atoms with Crippen molar-refractivity contribution in [2.24, 2.45) is 0 Å². The molecule has 2 aromatic carbocycles. The number of aliphatic hydroxyl groups is 1. The minimum Gasteiger partial charge on any atom is -0.497 e. The average molecular weight is 410 g/mol. The maximum Gasteiger partial charge on any atom is 0.341 e. The minimum atomic E-state index is -0.730. The van der Waals surface area contributed by atoms with Crippen molar-refractivity contribution in [1.82, 2.24) is 0 Å². The van der Waals surface area contributed by atoms with Crippen LogP contribution in [0.15, 0.2) is 48.0 Å². The highest BCUT2D eigenvalue weighted by atomic mass is 16.7. The molecule has 0 saturated heterocycles. The molecule has 0 unspecified atom stereocenters. The molecule has 30 heavy (non-hydrogen) atoms. The van der Waals surface area contributed by atoms with Gasteiger partial charge in [0.1, 0.15) is 17.1 Å². The van der Waals surface area contributed by atoms with E-state index in [1.807, 2.05) is 56.3 Å². The second kappa shape index (κ2) is 7.78. The largest absolute Gasteiger partial charge is 0.497 e. The van der Waals surface area contributed by atoms with Crippen LogP contribution in [0.5, 0.6) is 11.5 Å². The van der Waals surface area contributed by atoms with Crippen molar-refractivity contribution in [1.29, 1.82) is 0 Å². The van der Waals surface area contributed by atoms with E-state index in [9.17, 15) is 9.90 Å². The number of benzene rings is 2. The average Bonchev–Trinajstić information content (AvgIpc) is 3.04. The van der Waals surface area contributed by atoms with Crippen LogP contribution in [0.3, 0.4) is 0 Å². The van der Waals surface area contributed by atoms with E-state index < -0.39 is 24.0 Å². The summed E-state index contributed by atoms with van der Waals surface area (Å²) < 4.78 is 22.0. The number of ether oxygens (including phenoxy) is 4. The van der Waals surface area contributed by atoms with Gasteiger partial charge in [0.25, 0.3) is 0 Å². The first-order valence-corrected chi connectivity index (χ1v) is 9.92. The summed E-state index contributed by atoms with van der Waals surface area (Å²) >= 11 is 0. The molecule has 6 heteroatoms. The standard InChI is InChI=1S/C24H26O6/c1-24(2)20(25)13-16-11-14(5-10-19(16)30-24)12-18-21(22(26)29-23(18)28-4)15-6-8-17(27-3)9-7-15/h5-11,20,23,25H,12-13H2,1-4H3/t20-,23-/m1/s1. The van der Waals surface area contributed by atoms with Crippen LogP contribution in [0.25, 0.3) is 5.57 Å². The van der Waals surface area contributed by atoms with Gasteiger partial charge in [-0.1, -0.05) is 24.3 Å². The fourth-order valence-electron chi connectivity index (χ4n) is 3.93. The molecule has 2 atom stereocenters. The second-order valence-electron chi connectivity index (χ2n) is 8.15. The summed E-state index contributed by atoms with van der Waals surface area (Å²) in [6.07, 6.45) is -0.314. The minimum absolute atomic E-state index is 0.402. The Morgan fingerprint density at radius 1 is 1.13 bits per heavy atom. The summed E-state index contributed by atoms with van der Waals surface area (Å²) in [4.78, 5) is 12.6. The molecule has 0 saturated carbocycles. The van der Waals surface area contributed by atoms with Crippen molar-refractivity contribution in [2.45, 2.75) is 44.7 Å². The summed E-state index contributed by atoms with van der Waals surface area (Å²) in [7, 11) is 3.12. The van der Waals surface area contributed by atoms with Crippen LogP contribution in [0.2, 0.25) is 0 Å². The molecule has 0 fully saturated rings. The molecular weight excluding hydrogens is 384 g/mol. The number of hydrogen-bond acceptors (Lipinski definition) is 6. The van der Waals surface area contributed by atoms with Gasteiger partial charge in [-0.05, 0) is 48.7 Å². The maximum atomic E-state index is 12.6. The number of hydrogen-bond donors (Lipinski definition) is 1. The van der Waals surface area contributed by atoms with Crippen LogP contribution in [0, 0.1) is 0 Å². The molecule has 2 aromatic rings. The van der Waals surface area contributed by atoms with Gasteiger partial charge in [-0.15, -0.1) is 0 Å². The van der Waals surface area contributed by atoms with Gasteiger partial charge in [0.2, 0.25) is 6.29 Å². The Labute approximate surface area is 176 Å². The molecule has 0 aromatic heterocycles. The predicted octanol–water partition coefficient (Wildman–Crippen LogP) is 3.30. The summed E-state index contributed by atoms with van der Waals surface area (Å²) in [6, 6.07) is 13.2. The lowest BCUT2D eigenvalue weighted by atomic mass is 9.89. The summed E-state index contributed by atoms with van der Waals surface area (Å²) in [6.45, 7) is 3.76. The van der Waals surface area contributed by atoms with E-state index in [1.165, 1.54) is 7.11 Å². The third kappa shape index (κ3) is 3.68. The molecule has 4 rings (SSSR count). The van der Waals surface area contributed by atoms with Crippen LogP contribution in [0.4, 0.5) is 0 Å². The Kier molecular flexibility index (Phi) is 5.30. The van der Waals surface area contributed by atoms with Gasteiger partial charge >= 0.3 is 5.97 Å². The molecule has 2 heterocycles. The first kappa shape index (κ1) is 20.4. The van der Waals surface area contributed by atoms with Gasteiger partial charge in [-0.2, -0.15) is 0 Å². The Bertz CT molecular complexity index is 989. The highest BCUT2D eigenvalue weighted by Gasteiger charge is 2.37. The first-order chi connectivity index (χ1) is 14.3. The Hall–Kier alpha value is -2.83. The third-order valence-corrected chi connectivity index (χ3v) is 5.72. The van der Waals surface area contributed by atoms with E-state index in [2.05, 4.69) is 0 Å². The van der Waals surface area contributed by atoms with Gasteiger partial charge in [0.05, 0.1) is 18.8 Å². The molecule has 0 radical (unpaired) electrons. The second-order valence-corrected chi connectivity index (χ2v) is 8.15. The van der Waals surface area contributed by atoms with Crippen molar-refractivity contribution >= 4 is 11.5 Å². The Balaban J connectivity index is 1.69. The van der Waals surface area contributed by atoms with Crippen LogP contribution in [-0.4, -0.2) is 43.3 Å². The number of carbonyl (C=O) groups is 1. The Morgan fingerprint density at radius 3 is 2.53 bits per heavy atom. The summed E-state index contributed by atoms with van der Waals surface area (Å²) in [5.41, 5.74) is 3.36. The fourth-order valence-corrected chi connectivity index (χ4v) is 3.93. The van der Waals surface area contributed by atoms with Crippen LogP contribution >= 0.6 is 0 Å². The molecule has 0 amide bonds. The number of fused-ring (bicyclic) bond motifs is 1. The number of cyclic esters (lactones) is 1. The topological polar surface area (TPSA) is 74.2 Å². The monoisotopic (exact) mass is 410 g/mol. The third-order valence-electron chi connectivity index (χ3n) is 5.72. The van der Waals surface area contributed by atoms with Crippen molar-refractivity contribution in [3.8, 4) is 11.5 Å². The normalized spacial score (nSPS) is 22.4. The van der Waals surface area contributed by atoms with Crippen molar-refractivity contribution in [2.75, 3.05) is 14.2 Å². The van der Waals surface area contributed by atoms with Gasteiger partial charge in [-0.25, -0.2) is 4.79 Å². The molecular formula is C24H26O6. The molecule has 1 N–H and O–H groups in total. The van der Waals surface area contributed by atoms with E-state index in [0.29, 0.717) is 24.2 Å². The lowest BCUT2D eigenvalue weighted by Gasteiger charge is -2.37. The number of methoxy groups -OCH3 is 2. The zero-order chi connectivity index (χ0) is 21.5. The Morgan fingerprint density at radius 2 is 1.87 bits per heavy atom. The molecule has 2 aliphatic heterocycles. The quantitative estimate of drug-likeness (QED) is 0.763. The van der Waals surface area contributed by atoms with Crippen molar-refractivity contribution in [3.05, 3.63) is 64.7 Å². The van der Waals surface area contributed by atoms with Crippen molar-refractivity contribution < 1.29 is 28.8 Å². The zero-order valence-corrected chi connectivity index (χ0v) is 17.6. The number of carbonyl (C=O) groups excluding carboxylic acids is 1. The van der Waals surface area contributed by atoms with Gasteiger partial charge in [0, 0.05) is 25.5 Å². The number of aliphatic hydroxyl groups excluding tert-OH is 1. The van der Waals surface area contributed by atoms with E-state index in [1.54, 1.807) is 7.11 Å². The first-order valence-electron chi connectivity index (χ1n) is 9.92. The van der Waals surface area contributed by atoms with E-state index in [0.717, 1.165) is 28.0 Å². The number of esters is 1. The maximum absolute atomic E-state index is 12.6. The molecule has 0 bridgehead atoms. The molecule has 0 spiro atoms. The van der Waals surface area contributed by atoms with Crippen LogP contribution < -0.4 is 9.47 Å². The SMILES string of the molecule is COc1ccc(C2=C(Cc3ccc4c(c3)C[C@@H](O)C(C)(C)O4)[C@H](OC)OC2=O)cc1. The predicted molar refractivity (Wildman–Crippen MR) is 111 cm³/mol. The number of rotatable bonds is 5. The summed E-state index contributed by atoms with van der Waals surface area (Å²) in [5.74, 6) is 1.09. The lowest BCUT2D eigenvalue weighted by Crippen LogP contribution is -2.46. The van der Waals surface area contributed by atoms with Gasteiger partial charge in [0.15, 0.2) is 0 Å². The fraction of sp³-hybridized carbons (Fsp3) is 0.375.